The fraction of sp³-hybridized carbons (Fsp3) is 0.0370. The average Bonchev–Trinajstić information content (AvgIpc) is 2.76. The van der Waals surface area contributed by atoms with Gasteiger partial charge in [-0.05, 0) is 59.5 Å². The summed E-state index contributed by atoms with van der Waals surface area (Å²) in [5, 5.41) is 3.45. The van der Waals surface area contributed by atoms with E-state index in [1.165, 1.54) is 27.8 Å². The second-order valence-corrected chi connectivity index (χ2v) is 6.90. The van der Waals surface area contributed by atoms with Crippen LogP contribution >= 0.6 is 0 Å². The van der Waals surface area contributed by atoms with Gasteiger partial charge >= 0.3 is 0 Å². The van der Waals surface area contributed by atoms with Gasteiger partial charge in [-0.3, -0.25) is 0 Å². The van der Waals surface area contributed by atoms with E-state index in [1.807, 2.05) is 0 Å². The Kier molecular flexibility index (Phi) is 5.35. The van der Waals surface area contributed by atoms with Gasteiger partial charge in [-0.2, -0.15) is 0 Å². The number of nitrogens with one attached hydrogen (secondary N) is 1. The molecular weight excluding hydrogens is 338 g/mol. The number of aryl methyl sites for hydroxylation is 1. The quantitative estimate of drug-likeness (QED) is 0.367. The maximum absolute atomic E-state index is 3.45. The first-order valence-electron chi connectivity index (χ1n) is 9.54. The lowest BCUT2D eigenvalue weighted by atomic mass is 9.96. The zero-order valence-corrected chi connectivity index (χ0v) is 16.0. The van der Waals surface area contributed by atoms with Crippen LogP contribution in [0.15, 0.2) is 109 Å². The third kappa shape index (κ3) is 4.39. The van der Waals surface area contributed by atoms with Gasteiger partial charge in [0.05, 0.1) is 0 Å². The molecule has 0 radical (unpaired) electrons. The topological polar surface area (TPSA) is 12.0 Å². The SMILES string of the molecule is Cc1ccc(Nc2ccc(C=C(c3ccccc3)c3ccccc3)cc2)cc1. The smallest absolute Gasteiger partial charge is 0.0384 e. The van der Waals surface area contributed by atoms with Crippen LogP contribution < -0.4 is 5.32 Å². The van der Waals surface area contributed by atoms with E-state index in [0.29, 0.717) is 0 Å². The van der Waals surface area contributed by atoms with Gasteiger partial charge in [0.2, 0.25) is 0 Å². The molecule has 4 aromatic rings. The summed E-state index contributed by atoms with van der Waals surface area (Å²) in [6.45, 7) is 2.10. The Morgan fingerprint density at radius 1 is 0.571 bits per heavy atom. The lowest BCUT2D eigenvalue weighted by Crippen LogP contribution is -1.91. The zero-order valence-electron chi connectivity index (χ0n) is 16.0. The van der Waals surface area contributed by atoms with Crippen LogP contribution in [0.4, 0.5) is 11.4 Å². The minimum atomic E-state index is 1.09. The normalized spacial score (nSPS) is 10.3. The van der Waals surface area contributed by atoms with Crippen LogP contribution in [0.25, 0.3) is 11.6 Å². The lowest BCUT2D eigenvalue weighted by molar-refractivity contribution is 1.45. The maximum atomic E-state index is 3.45. The Balaban J connectivity index is 1.62. The van der Waals surface area contributed by atoms with Gasteiger partial charge in [0, 0.05) is 11.4 Å². The monoisotopic (exact) mass is 361 g/mol. The van der Waals surface area contributed by atoms with E-state index in [-0.39, 0.29) is 0 Å². The highest BCUT2D eigenvalue weighted by Crippen LogP contribution is 2.26. The summed E-state index contributed by atoms with van der Waals surface area (Å²) < 4.78 is 0. The van der Waals surface area contributed by atoms with Crippen molar-refractivity contribution in [2.45, 2.75) is 6.92 Å². The van der Waals surface area contributed by atoms with E-state index < -0.39 is 0 Å². The summed E-state index contributed by atoms with van der Waals surface area (Å²) in [6.07, 6.45) is 2.25. The fourth-order valence-corrected chi connectivity index (χ4v) is 3.20. The van der Waals surface area contributed by atoms with Crippen molar-refractivity contribution in [3.05, 3.63) is 131 Å². The Hall–Kier alpha value is -3.58. The summed E-state index contributed by atoms with van der Waals surface area (Å²) in [4.78, 5) is 0. The summed E-state index contributed by atoms with van der Waals surface area (Å²) in [5.41, 5.74) is 8.29. The molecule has 0 aromatic heterocycles. The van der Waals surface area contributed by atoms with E-state index in [4.69, 9.17) is 0 Å². The van der Waals surface area contributed by atoms with Crippen LogP contribution in [-0.2, 0) is 0 Å². The van der Waals surface area contributed by atoms with E-state index in [0.717, 1.165) is 11.4 Å². The van der Waals surface area contributed by atoms with Crippen molar-refractivity contribution in [1.82, 2.24) is 0 Å². The standard InChI is InChI=1S/C27H23N/c1-21-12-16-25(17-13-21)28-26-18-14-22(15-19-26)20-27(23-8-4-2-5-9-23)24-10-6-3-7-11-24/h2-20,28H,1H3. The van der Waals surface area contributed by atoms with Gasteiger partial charge in [-0.15, -0.1) is 0 Å². The van der Waals surface area contributed by atoms with Crippen molar-refractivity contribution in [2.75, 3.05) is 5.32 Å². The number of rotatable bonds is 5. The molecule has 0 spiro atoms. The summed E-state index contributed by atoms with van der Waals surface area (Å²) in [5.74, 6) is 0. The van der Waals surface area contributed by atoms with Gasteiger partial charge in [0.1, 0.15) is 0 Å². The molecule has 1 N–H and O–H groups in total. The van der Waals surface area contributed by atoms with Crippen molar-refractivity contribution in [3.8, 4) is 0 Å². The molecule has 0 unspecified atom stereocenters. The molecule has 0 atom stereocenters. The molecule has 0 fully saturated rings. The van der Waals surface area contributed by atoms with E-state index >= 15 is 0 Å². The Morgan fingerprint density at radius 2 is 1.04 bits per heavy atom. The van der Waals surface area contributed by atoms with Crippen LogP contribution in [-0.4, -0.2) is 0 Å². The molecule has 28 heavy (non-hydrogen) atoms. The third-order valence-corrected chi connectivity index (χ3v) is 4.73. The molecule has 0 saturated carbocycles. The minimum Gasteiger partial charge on any atom is -0.356 e. The molecule has 136 valence electrons. The van der Waals surface area contributed by atoms with Gasteiger partial charge in [-0.25, -0.2) is 0 Å². The van der Waals surface area contributed by atoms with Crippen LogP contribution in [0.1, 0.15) is 22.3 Å². The third-order valence-electron chi connectivity index (χ3n) is 4.73. The van der Waals surface area contributed by atoms with E-state index in [2.05, 4.69) is 128 Å². The van der Waals surface area contributed by atoms with Crippen LogP contribution in [0.3, 0.4) is 0 Å². The number of hydrogen-bond acceptors (Lipinski definition) is 1. The molecule has 0 bridgehead atoms. The largest absolute Gasteiger partial charge is 0.356 e. The molecule has 1 heteroatoms. The van der Waals surface area contributed by atoms with Crippen molar-refractivity contribution in [1.29, 1.82) is 0 Å². The molecule has 0 heterocycles. The highest BCUT2D eigenvalue weighted by molar-refractivity contribution is 5.91. The predicted octanol–water partition coefficient (Wildman–Crippen LogP) is 7.33. The highest BCUT2D eigenvalue weighted by Gasteiger charge is 2.05. The van der Waals surface area contributed by atoms with Crippen molar-refractivity contribution in [3.63, 3.8) is 0 Å². The van der Waals surface area contributed by atoms with E-state index in [1.54, 1.807) is 0 Å². The average molecular weight is 361 g/mol. The van der Waals surface area contributed by atoms with Gasteiger partial charge in [0.25, 0.3) is 0 Å². The predicted molar refractivity (Wildman–Crippen MR) is 121 cm³/mol. The first-order chi connectivity index (χ1) is 13.8. The molecule has 0 aliphatic heterocycles. The first kappa shape index (κ1) is 17.8. The van der Waals surface area contributed by atoms with Crippen LogP contribution in [0.5, 0.6) is 0 Å². The molecular formula is C27H23N. The molecule has 0 aliphatic carbocycles. The fourth-order valence-electron chi connectivity index (χ4n) is 3.20. The second-order valence-electron chi connectivity index (χ2n) is 6.90. The van der Waals surface area contributed by atoms with Crippen LogP contribution in [0, 0.1) is 6.92 Å². The number of anilines is 2. The van der Waals surface area contributed by atoms with E-state index in [9.17, 15) is 0 Å². The molecule has 4 rings (SSSR count). The molecule has 0 aliphatic rings. The molecule has 1 nitrogen and oxygen atoms in total. The van der Waals surface area contributed by atoms with Gasteiger partial charge in [0.15, 0.2) is 0 Å². The minimum absolute atomic E-state index is 1.09. The highest BCUT2D eigenvalue weighted by atomic mass is 14.9. The Labute approximate surface area is 167 Å². The summed E-state index contributed by atoms with van der Waals surface area (Å²) in [7, 11) is 0. The molecule has 0 saturated heterocycles. The van der Waals surface area contributed by atoms with Gasteiger partial charge in [-0.1, -0.05) is 90.5 Å². The second kappa shape index (κ2) is 8.41. The van der Waals surface area contributed by atoms with Gasteiger partial charge < -0.3 is 5.32 Å². The Bertz CT molecular complexity index is 1000. The van der Waals surface area contributed by atoms with Crippen molar-refractivity contribution >= 4 is 23.0 Å². The maximum Gasteiger partial charge on any atom is 0.0384 e. The van der Waals surface area contributed by atoms with Crippen LogP contribution in [0.2, 0.25) is 0 Å². The zero-order chi connectivity index (χ0) is 19.2. The van der Waals surface area contributed by atoms with Crippen molar-refractivity contribution in [2.24, 2.45) is 0 Å². The first-order valence-corrected chi connectivity index (χ1v) is 9.54. The number of benzene rings is 4. The molecule has 0 amide bonds. The van der Waals surface area contributed by atoms with Crippen molar-refractivity contribution < 1.29 is 0 Å². The summed E-state index contributed by atoms with van der Waals surface area (Å²) >= 11 is 0. The molecule has 4 aromatic carbocycles. The Morgan fingerprint density at radius 3 is 1.54 bits per heavy atom. The summed E-state index contributed by atoms with van der Waals surface area (Å²) in [6, 6.07) is 38.1. The lowest BCUT2D eigenvalue weighted by Gasteiger charge is -2.10. The number of hydrogen-bond donors (Lipinski definition) is 1.